The number of benzene rings is 1. The zero-order chi connectivity index (χ0) is 29.8. The SMILES string of the molecule is O=C(Nc1sc2c(c1C(=O)N1CCC3(CC1)COc1ccc(C(F)(F)F)cc13)CCCC2)c1cc(N2CCCC2)ccn1. The Bertz CT molecular complexity index is 1570. The first-order valence-electron chi connectivity index (χ1n) is 15.0. The third-order valence-corrected chi connectivity index (χ3v) is 10.7. The van der Waals surface area contributed by atoms with Gasteiger partial charge in [0.05, 0.1) is 17.7 Å². The van der Waals surface area contributed by atoms with Gasteiger partial charge < -0.3 is 19.9 Å². The van der Waals surface area contributed by atoms with Crippen LogP contribution in [0.3, 0.4) is 0 Å². The molecule has 0 atom stereocenters. The summed E-state index contributed by atoms with van der Waals surface area (Å²) in [4.78, 5) is 37.0. The molecule has 4 aliphatic rings. The maximum Gasteiger partial charge on any atom is 0.416 e. The van der Waals surface area contributed by atoms with Crippen LogP contribution in [0.15, 0.2) is 36.5 Å². The van der Waals surface area contributed by atoms with E-state index in [4.69, 9.17) is 4.74 Å². The van der Waals surface area contributed by atoms with Crippen LogP contribution in [0.4, 0.5) is 23.9 Å². The van der Waals surface area contributed by atoms with Gasteiger partial charge in [-0.3, -0.25) is 14.6 Å². The quantitative estimate of drug-likeness (QED) is 0.367. The minimum Gasteiger partial charge on any atom is -0.492 e. The van der Waals surface area contributed by atoms with E-state index in [2.05, 4.69) is 15.2 Å². The van der Waals surface area contributed by atoms with Gasteiger partial charge in [-0.05, 0) is 87.3 Å². The Balaban J connectivity index is 1.12. The Kier molecular flexibility index (Phi) is 7.10. The summed E-state index contributed by atoms with van der Waals surface area (Å²) in [5.41, 5.74) is 2.21. The number of fused-ring (bicyclic) bond motifs is 3. The predicted molar refractivity (Wildman–Crippen MR) is 158 cm³/mol. The fraction of sp³-hybridized carbons (Fsp3) is 0.469. The van der Waals surface area contributed by atoms with E-state index in [1.807, 2.05) is 12.1 Å². The van der Waals surface area contributed by atoms with E-state index < -0.39 is 17.2 Å². The zero-order valence-electron chi connectivity index (χ0n) is 23.8. The van der Waals surface area contributed by atoms with E-state index in [9.17, 15) is 22.8 Å². The third kappa shape index (κ3) is 5.15. The minimum atomic E-state index is -4.43. The van der Waals surface area contributed by atoms with Crippen molar-refractivity contribution < 1.29 is 27.5 Å². The van der Waals surface area contributed by atoms with Crippen molar-refractivity contribution in [3.05, 3.63) is 69.4 Å². The van der Waals surface area contributed by atoms with E-state index >= 15 is 0 Å². The lowest BCUT2D eigenvalue weighted by Crippen LogP contribution is -2.46. The van der Waals surface area contributed by atoms with Gasteiger partial charge in [0.2, 0.25) is 0 Å². The van der Waals surface area contributed by atoms with Crippen LogP contribution >= 0.6 is 11.3 Å². The number of carbonyl (C=O) groups excluding carboxylic acids is 2. The highest BCUT2D eigenvalue weighted by Gasteiger charge is 2.46. The number of aromatic nitrogens is 1. The monoisotopic (exact) mass is 610 g/mol. The van der Waals surface area contributed by atoms with Gasteiger partial charge in [-0.15, -0.1) is 11.3 Å². The Morgan fingerprint density at radius 3 is 2.51 bits per heavy atom. The molecule has 11 heteroatoms. The molecule has 3 aliphatic heterocycles. The molecule has 2 aromatic heterocycles. The largest absolute Gasteiger partial charge is 0.492 e. The Morgan fingerprint density at radius 1 is 0.977 bits per heavy atom. The first kappa shape index (κ1) is 28.2. The second-order valence-electron chi connectivity index (χ2n) is 12.0. The molecule has 43 heavy (non-hydrogen) atoms. The first-order valence-corrected chi connectivity index (χ1v) is 15.8. The lowest BCUT2D eigenvalue weighted by molar-refractivity contribution is -0.137. The molecule has 0 unspecified atom stereocenters. The fourth-order valence-corrected chi connectivity index (χ4v) is 8.29. The molecule has 2 amide bonds. The van der Waals surface area contributed by atoms with E-state index in [0.717, 1.165) is 73.8 Å². The van der Waals surface area contributed by atoms with Crippen LogP contribution in [-0.4, -0.2) is 54.5 Å². The Hall–Kier alpha value is -3.60. The predicted octanol–water partition coefficient (Wildman–Crippen LogP) is 6.46. The number of hydrogen-bond acceptors (Lipinski definition) is 6. The number of nitrogens with zero attached hydrogens (tertiary/aromatic N) is 3. The fourth-order valence-electron chi connectivity index (χ4n) is 7.01. The number of rotatable bonds is 4. The van der Waals surface area contributed by atoms with E-state index in [-0.39, 0.29) is 11.8 Å². The number of hydrogen-bond donors (Lipinski definition) is 1. The number of alkyl halides is 3. The van der Waals surface area contributed by atoms with Crippen LogP contribution in [-0.2, 0) is 24.4 Å². The van der Waals surface area contributed by atoms with Crippen LogP contribution in [0.25, 0.3) is 0 Å². The molecule has 0 radical (unpaired) electrons. The maximum absolute atomic E-state index is 14.1. The van der Waals surface area contributed by atoms with Crippen LogP contribution in [0.2, 0.25) is 0 Å². The van der Waals surface area contributed by atoms with E-state index in [1.54, 1.807) is 11.1 Å². The van der Waals surface area contributed by atoms with E-state index in [1.165, 1.54) is 23.5 Å². The molecule has 5 heterocycles. The van der Waals surface area contributed by atoms with Crippen molar-refractivity contribution in [1.82, 2.24) is 9.88 Å². The number of pyridine rings is 1. The summed E-state index contributed by atoms with van der Waals surface area (Å²) in [6.07, 6.45) is 4.17. The second kappa shape index (κ2) is 10.8. The number of amides is 2. The van der Waals surface area contributed by atoms with Gasteiger partial charge >= 0.3 is 6.18 Å². The molecule has 1 aliphatic carbocycles. The van der Waals surface area contributed by atoms with E-state index in [0.29, 0.717) is 60.1 Å². The first-order chi connectivity index (χ1) is 20.7. The number of anilines is 2. The summed E-state index contributed by atoms with van der Waals surface area (Å²) in [5, 5.41) is 3.58. The molecule has 2 saturated heterocycles. The summed E-state index contributed by atoms with van der Waals surface area (Å²) in [7, 11) is 0. The van der Waals surface area contributed by atoms with Crippen molar-refractivity contribution in [2.45, 2.75) is 63.0 Å². The van der Waals surface area contributed by atoms with Crippen LogP contribution in [0, 0.1) is 0 Å². The molecular weight excluding hydrogens is 577 g/mol. The number of aryl methyl sites for hydroxylation is 1. The molecule has 2 fully saturated rings. The summed E-state index contributed by atoms with van der Waals surface area (Å²) in [5.74, 6) is 0.0186. The zero-order valence-corrected chi connectivity index (χ0v) is 24.6. The standard InChI is InChI=1S/C32H33F3N4O3S/c33-32(34,35)20-7-8-25-23(17-20)31(19-42-25)10-15-39(16-11-31)30(41)27-22-5-1-2-6-26(22)43-29(27)37-28(40)24-18-21(9-12-36-24)38-13-3-4-14-38/h7-9,12,17-18H,1-6,10-11,13-16,19H2,(H,37,40). The van der Waals surface area contributed by atoms with Gasteiger partial charge in [-0.2, -0.15) is 13.2 Å². The second-order valence-corrected chi connectivity index (χ2v) is 13.1. The number of likely N-dealkylation sites (tertiary alicyclic amines) is 1. The lowest BCUT2D eigenvalue weighted by Gasteiger charge is -2.39. The van der Waals surface area contributed by atoms with Crippen molar-refractivity contribution in [3.8, 4) is 5.75 Å². The van der Waals surface area contributed by atoms with Gasteiger partial charge in [0.1, 0.15) is 16.4 Å². The molecule has 1 aromatic carbocycles. The number of carbonyl (C=O) groups is 2. The summed E-state index contributed by atoms with van der Waals surface area (Å²) < 4.78 is 46.2. The molecule has 0 saturated carbocycles. The maximum atomic E-state index is 14.1. The molecule has 7 nitrogen and oxygen atoms in total. The van der Waals surface area contributed by atoms with Gasteiger partial charge in [0, 0.05) is 53.9 Å². The van der Waals surface area contributed by atoms with Gasteiger partial charge in [0.25, 0.3) is 11.8 Å². The molecule has 226 valence electrons. The normalized spacial score (nSPS) is 19.2. The topological polar surface area (TPSA) is 74.8 Å². The van der Waals surface area contributed by atoms with Crippen molar-refractivity contribution in [2.75, 3.05) is 43.0 Å². The number of ether oxygens (including phenoxy) is 1. The summed E-state index contributed by atoms with van der Waals surface area (Å²) in [6.45, 7) is 3.02. The van der Waals surface area contributed by atoms with Crippen molar-refractivity contribution in [2.24, 2.45) is 0 Å². The number of piperidine rings is 1. The minimum absolute atomic E-state index is 0.133. The van der Waals surface area contributed by atoms with Gasteiger partial charge in [0.15, 0.2) is 0 Å². The van der Waals surface area contributed by atoms with Crippen molar-refractivity contribution in [1.29, 1.82) is 0 Å². The molecule has 7 rings (SSSR count). The highest BCUT2D eigenvalue weighted by Crippen LogP contribution is 2.48. The van der Waals surface area contributed by atoms with Crippen molar-refractivity contribution >= 4 is 33.8 Å². The molecular formula is C32H33F3N4O3S. The molecule has 1 N–H and O–H groups in total. The van der Waals surface area contributed by atoms with Crippen LogP contribution < -0.4 is 15.0 Å². The van der Waals surface area contributed by atoms with Crippen molar-refractivity contribution in [3.63, 3.8) is 0 Å². The summed E-state index contributed by atoms with van der Waals surface area (Å²) in [6, 6.07) is 7.42. The average molecular weight is 611 g/mol. The average Bonchev–Trinajstić information content (AvgIpc) is 3.75. The highest BCUT2D eigenvalue weighted by atomic mass is 32.1. The smallest absolute Gasteiger partial charge is 0.416 e. The molecule has 1 spiro atoms. The summed E-state index contributed by atoms with van der Waals surface area (Å²) >= 11 is 1.48. The number of halogens is 3. The van der Waals surface area contributed by atoms with Crippen LogP contribution in [0.5, 0.6) is 5.75 Å². The highest BCUT2D eigenvalue weighted by molar-refractivity contribution is 7.17. The number of thiophene rings is 1. The third-order valence-electron chi connectivity index (χ3n) is 9.45. The van der Waals surface area contributed by atoms with Gasteiger partial charge in [-0.25, -0.2) is 0 Å². The Labute approximate surface area is 252 Å². The molecule has 3 aromatic rings. The molecule has 0 bridgehead atoms. The Morgan fingerprint density at radius 2 is 1.74 bits per heavy atom. The lowest BCUT2D eigenvalue weighted by atomic mass is 9.74. The van der Waals surface area contributed by atoms with Crippen LogP contribution in [0.1, 0.15) is 80.9 Å². The van der Waals surface area contributed by atoms with Gasteiger partial charge in [-0.1, -0.05) is 0 Å². The number of nitrogens with one attached hydrogen (secondary N) is 1.